The first-order chi connectivity index (χ1) is 17.0. The molecular formula is C29H31ClN2O3. The summed E-state index contributed by atoms with van der Waals surface area (Å²) >= 11 is 6.29. The first-order valence-electron chi connectivity index (χ1n) is 11.8. The highest BCUT2D eigenvalue weighted by Gasteiger charge is 2.20. The minimum atomic E-state index is 0.0239. The molecule has 6 heteroatoms. The average molecular weight is 491 g/mol. The van der Waals surface area contributed by atoms with Crippen LogP contribution in [-0.2, 0) is 17.9 Å². The van der Waals surface area contributed by atoms with Gasteiger partial charge in [0.25, 0.3) is 0 Å². The van der Waals surface area contributed by atoms with Crippen LogP contribution in [0.3, 0.4) is 0 Å². The molecule has 1 heterocycles. The van der Waals surface area contributed by atoms with E-state index in [0.29, 0.717) is 19.7 Å². The second kappa shape index (κ2) is 11.9. The summed E-state index contributed by atoms with van der Waals surface area (Å²) < 4.78 is 11.5. The van der Waals surface area contributed by atoms with Crippen molar-refractivity contribution in [3.8, 4) is 11.5 Å². The molecule has 0 atom stereocenters. The van der Waals surface area contributed by atoms with Crippen molar-refractivity contribution in [1.29, 1.82) is 0 Å². The Bertz CT molecular complexity index is 1190. The summed E-state index contributed by atoms with van der Waals surface area (Å²) in [4.78, 5) is 17.0. The molecule has 0 bridgehead atoms. The highest BCUT2D eigenvalue weighted by molar-refractivity contribution is 6.31. The normalized spacial score (nSPS) is 14.3. The molecule has 3 aromatic carbocycles. The first kappa shape index (κ1) is 24.8. The quantitative estimate of drug-likeness (QED) is 0.386. The van der Waals surface area contributed by atoms with E-state index in [0.717, 1.165) is 58.4 Å². The predicted octanol–water partition coefficient (Wildman–Crippen LogP) is 5.59. The molecular weight excluding hydrogens is 460 g/mol. The smallest absolute Gasteiger partial charge is 0.246 e. The van der Waals surface area contributed by atoms with Crippen molar-refractivity contribution in [2.24, 2.45) is 0 Å². The molecule has 0 radical (unpaired) electrons. The second-order valence-corrected chi connectivity index (χ2v) is 9.11. The topological polar surface area (TPSA) is 42.0 Å². The van der Waals surface area contributed by atoms with E-state index in [9.17, 15) is 4.79 Å². The number of halogens is 1. The third kappa shape index (κ3) is 6.87. The van der Waals surface area contributed by atoms with E-state index in [-0.39, 0.29) is 5.91 Å². The summed E-state index contributed by atoms with van der Waals surface area (Å²) in [5.74, 6) is 1.60. The van der Waals surface area contributed by atoms with Crippen LogP contribution < -0.4 is 9.47 Å². The number of rotatable bonds is 8. The standard InChI is InChI=1S/C29H31ClN2O3/c1-22-6-5-8-26(18-22)35-21-25-19-23(10-12-28(25)34-2)11-13-29(33)32-16-14-31(15-17-32)20-24-7-3-4-9-27(24)30/h3-13,18-19H,14-17,20-21H2,1-2H3/b13-11+. The van der Waals surface area contributed by atoms with E-state index in [1.807, 2.05) is 78.6 Å². The van der Waals surface area contributed by atoms with Crippen LogP contribution in [0.4, 0.5) is 0 Å². The molecule has 0 aliphatic carbocycles. The van der Waals surface area contributed by atoms with Crippen LogP contribution in [-0.4, -0.2) is 49.0 Å². The third-order valence-electron chi connectivity index (χ3n) is 6.14. The van der Waals surface area contributed by atoms with Gasteiger partial charge in [-0.1, -0.05) is 48.0 Å². The molecule has 35 heavy (non-hydrogen) atoms. The van der Waals surface area contributed by atoms with Crippen LogP contribution in [0.15, 0.2) is 72.8 Å². The number of methoxy groups -OCH3 is 1. The zero-order valence-electron chi connectivity index (χ0n) is 20.2. The number of aryl methyl sites for hydroxylation is 1. The van der Waals surface area contributed by atoms with E-state index < -0.39 is 0 Å². The monoisotopic (exact) mass is 490 g/mol. The number of hydrogen-bond donors (Lipinski definition) is 0. The molecule has 0 N–H and O–H groups in total. The van der Waals surface area contributed by atoms with Crippen molar-refractivity contribution in [3.05, 3.63) is 100 Å². The molecule has 0 aromatic heterocycles. The molecule has 0 unspecified atom stereocenters. The first-order valence-corrected chi connectivity index (χ1v) is 12.2. The fourth-order valence-corrected chi connectivity index (χ4v) is 4.34. The zero-order chi connectivity index (χ0) is 24.6. The Labute approximate surface area is 212 Å². The summed E-state index contributed by atoms with van der Waals surface area (Å²) in [6.45, 7) is 6.28. The SMILES string of the molecule is COc1ccc(/C=C/C(=O)N2CCN(Cc3ccccc3Cl)CC2)cc1COc1cccc(C)c1. The fraction of sp³-hybridized carbons (Fsp3) is 0.276. The molecule has 1 aliphatic rings. The lowest BCUT2D eigenvalue weighted by molar-refractivity contribution is -0.127. The van der Waals surface area contributed by atoms with Gasteiger partial charge in [-0.05, 0) is 60.0 Å². The molecule has 0 saturated carbocycles. The number of amides is 1. The van der Waals surface area contributed by atoms with Gasteiger partial charge in [0.2, 0.25) is 5.91 Å². The van der Waals surface area contributed by atoms with E-state index in [2.05, 4.69) is 11.0 Å². The van der Waals surface area contributed by atoms with Gasteiger partial charge in [-0.15, -0.1) is 0 Å². The summed E-state index contributed by atoms with van der Waals surface area (Å²) in [7, 11) is 1.65. The van der Waals surface area contributed by atoms with Gasteiger partial charge in [0, 0.05) is 49.4 Å². The number of carbonyl (C=O) groups is 1. The van der Waals surface area contributed by atoms with Crippen molar-refractivity contribution in [2.75, 3.05) is 33.3 Å². The van der Waals surface area contributed by atoms with Crippen molar-refractivity contribution in [3.63, 3.8) is 0 Å². The van der Waals surface area contributed by atoms with Crippen molar-refractivity contribution in [2.45, 2.75) is 20.1 Å². The lowest BCUT2D eigenvalue weighted by atomic mass is 10.1. The maximum Gasteiger partial charge on any atom is 0.246 e. The van der Waals surface area contributed by atoms with Crippen LogP contribution in [0.2, 0.25) is 5.02 Å². The van der Waals surface area contributed by atoms with Crippen molar-refractivity contribution >= 4 is 23.6 Å². The minimum absolute atomic E-state index is 0.0239. The van der Waals surface area contributed by atoms with Crippen LogP contribution >= 0.6 is 11.6 Å². The van der Waals surface area contributed by atoms with Gasteiger partial charge in [0.05, 0.1) is 7.11 Å². The Morgan fingerprint density at radius 3 is 2.51 bits per heavy atom. The van der Waals surface area contributed by atoms with Crippen LogP contribution in [0, 0.1) is 6.92 Å². The van der Waals surface area contributed by atoms with E-state index in [4.69, 9.17) is 21.1 Å². The Balaban J connectivity index is 1.33. The van der Waals surface area contributed by atoms with E-state index in [1.54, 1.807) is 13.2 Å². The van der Waals surface area contributed by atoms with Gasteiger partial charge in [-0.25, -0.2) is 0 Å². The van der Waals surface area contributed by atoms with Gasteiger partial charge in [0.15, 0.2) is 0 Å². The summed E-state index contributed by atoms with van der Waals surface area (Å²) in [6.07, 6.45) is 3.50. The number of ether oxygens (including phenoxy) is 2. The molecule has 1 fully saturated rings. The Hall–Kier alpha value is -3.28. The highest BCUT2D eigenvalue weighted by Crippen LogP contribution is 2.24. The van der Waals surface area contributed by atoms with Crippen LogP contribution in [0.25, 0.3) is 6.08 Å². The molecule has 3 aromatic rings. The number of carbonyl (C=O) groups excluding carboxylic acids is 1. The summed E-state index contributed by atoms with van der Waals surface area (Å²) in [6, 6.07) is 21.7. The highest BCUT2D eigenvalue weighted by atomic mass is 35.5. The van der Waals surface area contributed by atoms with Crippen molar-refractivity contribution in [1.82, 2.24) is 9.80 Å². The van der Waals surface area contributed by atoms with Gasteiger partial charge in [-0.3, -0.25) is 9.69 Å². The predicted molar refractivity (Wildman–Crippen MR) is 141 cm³/mol. The third-order valence-corrected chi connectivity index (χ3v) is 6.51. The van der Waals surface area contributed by atoms with Gasteiger partial charge in [-0.2, -0.15) is 0 Å². The Morgan fingerprint density at radius 2 is 1.77 bits per heavy atom. The van der Waals surface area contributed by atoms with Gasteiger partial charge in [0.1, 0.15) is 18.1 Å². The maximum absolute atomic E-state index is 12.8. The van der Waals surface area contributed by atoms with Gasteiger partial charge < -0.3 is 14.4 Å². The van der Waals surface area contributed by atoms with Gasteiger partial charge >= 0.3 is 0 Å². The fourth-order valence-electron chi connectivity index (χ4n) is 4.15. The molecule has 5 nitrogen and oxygen atoms in total. The van der Waals surface area contributed by atoms with E-state index in [1.165, 1.54) is 0 Å². The number of piperazine rings is 1. The second-order valence-electron chi connectivity index (χ2n) is 8.70. The number of benzene rings is 3. The minimum Gasteiger partial charge on any atom is -0.496 e. The molecule has 4 rings (SSSR count). The maximum atomic E-state index is 12.8. The molecule has 1 amide bonds. The summed E-state index contributed by atoms with van der Waals surface area (Å²) in [5.41, 5.74) is 4.13. The molecule has 1 aliphatic heterocycles. The Kier molecular flexibility index (Phi) is 8.45. The van der Waals surface area contributed by atoms with Crippen LogP contribution in [0.1, 0.15) is 22.3 Å². The van der Waals surface area contributed by atoms with E-state index >= 15 is 0 Å². The lowest BCUT2D eigenvalue weighted by Crippen LogP contribution is -2.47. The Morgan fingerprint density at radius 1 is 0.971 bits per heavy atom. The van der Waals surface area contributed by atoms with Crippen molar-refractivity contribution < 1.29 is 14.3 Å². The van der Waals surface area contributed by atoms with Crippen LogP contribution in [0.5, 0.6) is 11.5 Å². The summed E-state index contributed by atoms with van der Waals surface area (Å²) in [5, 5.41) is 0.789. The average Bonchev–Trinajstić information content (AvgIpc) is 2.88. The zero-order valence-corrected chi connectivity index (χ0v) is 21.0. The molecule has 1 saturated heterocycles. The largest absolute Gasteiger partial charge is 0.496 e. The number of nitrogens with zero attached hydrogens (tertiary/aromatic N) is 2. The lowest BCUT2D eigenvalue weighted by Gasteiger charge is -2.34. The molecule has 182 valence electrons. The molecule has 0 spiro atoms. The number of hydrogen-bond acceptors (Lipinski definition) is 4.